The Labute approximate surface area is 135 Å². The van der Waals surface area contributed by atoms with Crippen molar-refractivity contribution < 1.29 is 23.2 Å². The van der Waals surface area contributed by atoms with E-state index in [1.165, 1.54) is 10.7 Å². The third kappa shape index (κ3) is 5.00. The third-order valence-corrected chi connectivity index (χ3v) is 2.83. The molecule has 0 spiro atoms. The monoisotopic (exact) mass is 340 g/mol. The van der Waals surface area contributed by atoms with Crippen LogP contribution in [0.2, 0.25) is 0 Å². The molecule has 0 aliphatic heterocycles. The number of carbonyl (C=O) groups excluding carboxylic acids is 1. The van der Waals surface area contributed by atoms with Gasteiger partial charge in [-0.1, -0.05) is 0 Å². The van der Waals surface area contributed by atoms with E-state index < -0.39 is 23.9 Å². The molecule has 0 fully saturated rings. The Kier molecular flexibility index (Phi) is 5.40. The first kappa shape index (κ1) is 17.3. The number of hydrogen-bond donors (Lipinski definition) is 1. The number of benzene rings is 1. The number of amides is 1. The second-order valence-electron chi connectivity index (χ2n) is 4.94. The lowest BCUT2D eigenvalue weighted by molar-refractivity contribution is -0.384. The molecule has 0 atom stereocenters. The van der Waals surface area contributed by atoms with Crippen LogP contribution in [0, 0.1) is 17.0 Å². The topological polar surface area (TPSA) is 99.3 Å². The van der Waals surface area contributed by atoms with Crippen LogP contribution >= 0.6 is 0 Å². The van der Waals surface area contributed by atoms with Crippen molar-refractivity contribution in [3.05, 3.63) is 46.3 Å². The van der Waals surface area contributed by atoms with Crippen LogP contribution in [0.1, 0.15) is 5.56 Å². The van der Waals surface area contributed by atoms with Crippen LogP contribution in [0.5, 0.6) is 5.75 Å². The van der Waals surface area contributed by atoms with E-state index in [-0.39, 0.29) is 23.7 Å². The van der Waals surface area contributed by atoms with E-state index in [0.717, 1.165) is 17.7 Å². The number of aryl methyl sites for hydroxylation is 1. The van der Waals surface area contributed by atoms with Gasteiger partial charge in [0.25, 0.3) is 12.1 Å². The molecule has 0 aliphatic carbocycles. The number of nitro benzene ring substituents is 1. The van der Waals surface area contributed by atoms with Crippen LogP contribution in [-0.4, -0.2) is 33.6 Å². The van der Waals surface area contributed by atoms with Gasteiger partial charge in [0.2, 0.25) is 5.91 Å². The summed E-state index contributed by atoms with van der Waals surface area (Å²) in [4.78, 5) is 22.1. The van der Waals surface area contributed by atoms with Crippen LogP contribution in [-0.2, 0) is 11.3 Å². The number of alkyl halides is 2. The van der Waals surface area contributed by atoms with Crippen molar-refractivity contribution >= 4 is 17.3 Å². The Balaban J connectivity index is 2.12. The van der Waals surface area contributed by atoms with Gasteiger partial charge in [-0.2, -0.15) is 5.10 Å². The summed E-state index contributed by atoms with van der Waals surface area (Å²) in [6.45, 7) is 0.819. The molecule has 2 aromatic rings. The first-order valence-electron chi connectivity index (χ1n) is 6.83. The molecule has 1 N–H and O–H groups in total. The molecular formula is C14H14F2N4O4. The van der Waals surface area contributed by atoms with Gasteiger partial charge < -0.3 is 10.1 Å². The second kappa shape index (κ2) is 7.49. The zero-order chi connectivity index (χ0) is 17.7. The largest absolute Gasteiger partial charge is 0.487 e. The average Bonchev–Trinajstić information content (AvgIpc) is 2.89. The molecule has 1 aromatic heterocycles. The summed E-state index contributed by atoms with van der Waals surface area (Å²) in [5.74, 6) is -0.604. The SMILES string of the molecule is Cc1cnn(CC(=O)Nc2cc(OCC(F)F)cc([N+](=O)[O-])c2)c1. The van der Waals surface area contributed by atoms with Gasteiger partial charge >= 0.3 is 0 Å². The number of ether oxygens (including phenoxy) is 1. The van der Waals surface area contributed by atoms with Crippen molar-refractivity contribution in [3.63, 3.8) is 0 Å². The van der Waals surface area contributed by atoms with Crippen molar-refractivity contribution in [3.8, 4) is 5.75 Å². The van der Waals surface area contributed by atoms with Crippen LogP contribution < -0.4 is 10.1 Å². The Morgan fingerprint density at radius 1 is 1.46 bits per heavy atom. The minimum absolute atomic E-state index is 0.0716. The van der Waals surface area contributed by atoms with Gasteiger partial charge in [0.15, 0.2) is 0 Å². The molecule has 0 radical (unpaired) electrons. The molecule has 1 amide bonds. The Bertz CT molecular complexity index is 748. The number of rotatable bonds is 7. The minimum atomic E-state index is -2.72. The summed E-state index contributed by atoms with van der Waals surface area (Å²) in [5.41, 5.74) is 0.565. The zero-order valence-electron chi connectivity index (χ0n) is 12.6. The lowest BCUT2D eigenvalue weighted by Gasteiger charge is -2.09. The van der Waals surface area contributed by atoms with Gasteiger partial charge in [-0.05, 0) is 12.5 Å². The number of halogens is 2. The van der Waals surface area contributed by atoms with Crippen LogP contribution in [0.15, 0.2) is 30.6 Å². The zero-order valence-corrected chi connectivity index (χ0v) is 12.6. The van der Waals surface area contributed by atoms with E-state index in [4.69, 9.17) is 4.74 Å². The summed E-state index contributed by atoms with van der Waals surface area (Å²) in [5, 5.41) is 17.3. The summed E-state index contributed by atoms with van der Waals surface area (Å²) < 4.78 is 30.6. The standard InChI is InChI=1S/C14H14F2N4O4/c1-9-5-17-19(6-9)7-14(21)18-10-2-11(20(22)23)4-12(3-10)24-8-13(15)16/h2-6,13H,7-8H2,1H3,(H,18,21). The highest BCUT2D eigenvalue weighted by atomic mass is 19.3. The van der Waals surface area contributed by atoms with Gasteiger partial charge in [-0.15, -0.1) is 0 Å². The van der Waals surface area contributed by atoms with E-state index in [1.54, 1.807) is 12.4 Å². The fourth-order valence-electron chi connectivity index (χ4n) is 1.90. The highest BCUT2D eigenvalue weighted by Gasteiger charge is 2.14. The maximum Gasteiger partial charge on any atom is 0.275 e. The molecule has 2 rings (SSSR count). The van der Waals surface area contributed by atoms with Gasteiger partial charge in [0.1, 0.15) is 18.9 Å². The van der Waals surface area contributed by atoms with Gasteiger partial charge in [-0.3, -0.25) is 19.6 Å². The fourth-order valence-corrected chi connectivity index (χ4v) is 1.90. The Hall–Kier alpha value is -3.04. The third-order valence-electron chi connectivity index (χ3n) is 2.83. The van der Waals surface area contributed by atoms with Crippen LogP contribution in [0.3, 0.4) is 0 Å². The molecule has 1 heterocycles. The van der Waals surface area contributed by atoms with Gasteiger partial charge in [0.05, 0.1) is 22.9 Å². The molecule has 0 bridgehead atoms. The predicted octanol–water partition coefficient (Wildman–Crippen LogP) is 2.38. The first-order chi connectivity index (χ1) is 11.3. The van der Waals surface area contributed by atoms with E-state index in [0.29, 0.717) is 0 Å². The number of non-ortho nitro benzene ring substituents is 1. The molecular weight excluding hydrogens is 326 g/mol. The number of nitrogens with one attached hydrogen (secondary N) is 1. The lowest BCUT2D eigenvalue weighted by atomic mass is 10.2. The molecule has 0 saturated carbocycles. The van der Waals surface area contributed by atoms with E-state index in [2.05, 4.69) is 10.4 Å². The smallest absolute Gasteiger partial charge is 0.275 e. The van der Waals surface area contributed by atoms with Gasteiger partial charge in [0, 0.05) is 18.3 Å². The number of hydrogen-bond acceptors (Lipinski definition) is 5. The summed E-state index contributed by atoms with van der Waals surface area (Å²) in [6.07, 6.45) is 0.520. The molecule has 0 unspecified atom stereocenters. The van der Waals surface area contributed by atoms with Crippen molar-refractivity contribution in [2.45, 2.75) is 19.9 Å². The first-order valence-corrected chi connectivity index (χ1v) is 6.83. The number of nitrogens with zero attached hydrogens (tertiary/aromatic N) is 3. The summed E-state index contributed by atoms with van der Waals surface area (Å²) in [7, 11) is 0. The molecule has 0 aliphatic rings. The normalized spacial score (nSPS) is 10.7. The second-order valence-corrected chi connectivity index (χ2v) is 4.94. The lowest BCUT2D eigenvalue weighted by Crippen LogP contribution is -2.19. The predicted molar refractivity (Wildman–Crippen MR) is 80.2 cm³/mol. The highest BCUT2D eigenvalue weighted by molar-refractivity contribution is 5.91. The Morgan fingerprint density at radius 3 is 2.79 bits per heavy atom. The fraction of sp³-hybridized carbons (Fsp3) is 0.286. The van der Waals surface area contributed by atoms with Crippen molar-refractivity contribution in [2.24, 2.45) is 0 Å². The number of carbonyl (C=O) groups is 1. The van der Waals surface area contributed by atoms with E-state index in [9.17, 15) is 23.7 Å². The molecule has 128 valence electrons. The van der Waals surface area contributed by atoms with Gasteiger partial charge in [-0.25, -0.2) is 8.78 Å². The maximum atomic E-state index is 12.2. The van der Waals surface area contributed by atoms with Crippen LogP contribution in [0.25, 0.3) is 0 Å². The van der Waals surface area contributed by atoms with E-state index in [1.807, 2.05) is 6.92 Å². The molecule has 0 saturated heterocycles. The molecule has 8 nitrogen and oxygen atoms in total. The average molecular weight is 340 g/mol. The summed E-state index contributed by atoms with van der Waals surface area (Å²) >= 11 is 0. The number of aromatic nitrogens is 2. The van der Waals surface area contributed by atoms with E-state index >= 15 is 0 Å². The van der Waals surface area contributed by atoms with Crippen molar-refractivity contribution in [2.75, 3.05) is 11.9 Å². The number of anilines is 1. The summed E-state index contributed by atoms with van der Waals surface area (Å²) in [6, 6.07) is 3.36. The van der Waals surface area contributed by atoms with Crippen molar-refractivity contribution in [1.82, 2.24) is 9.78 Å². The molecule has 1 aromatic carbocycles. The van der Waals surface area contributed by atoms with Crippen molar-refractivity contribution in [1.29, 1.82) is 0 Å². The minimum Gasteiger partial charge on any atom is -0.487 e. The molecule has 24 heavy (non-hydrogen) atoms. The Morgan fingerprint density at radius 2 is 2.21 bits per heavy atom. The highest BCUT2D eigenvalue weighted by Crippen LogP contribution is 2.26. The van der Waals surface area contributed by atoms with Crippen LogP contribution in [0.4, 0.5) is 20.2 Å². The number of nitro groups is 1. The maximum absolute atomic E-state index is 12.2. The quantitative estimate of drug-likeness (QED) is 0.616. The molecule has 10 heteroatoms.